The quantitative estimate of drug-likeness (QED) is 0.705. The van der Waals surface area contributed by atoms with Gasteiger partial charge in [-0.05, 0) is 36.6 Å². The number of sulfone groups is 1. The van der Waals surface area contributed by atoms with E-state index in [1.807, 2.05) is 10.7 Å². The number of benzene rings is 2. The molecule has 6 nitrogen and oxygen atoms in total. The summed E-state index contributed by atoms with van der Waals surface area (Å²) in [6, 6.07) is 10.7. The van der Waals surface area contributed by atoms with Crippen molar-refractivity contribution >= 4 is 43.9 Å². The van der Waals surface area contributed by atoms with Crippen LogP contribution in [0.25, 0.3) is 10.9 Å². The Morgan fingerprint density at radius 3 is 2.70 bits per heavy atom. The van der Waals surface area contributed by atoms with E-state index < -0.39 is 9.84 Å². The number of nitrogens with zero attached hydrogens (tertiary/aromatic N) is 2. The van der Waals surface area contributed by atoms with Gasteiger partial charge in [-0.25, -0.2) is 8.42 Å². The number of aromatic nitrogens is 2. The van der Waals surface area contributed by atoms with Gasteiger partial charge in [-0.15, -0.1) is 0 Å². The number of amides is 1. The van der Waals surface area contributed by atoms with E-state index >= 15 is 0 Å². The van der Waals surface area contributed by atoms with Gasteiger partial charge in [0.05, 0.1) is 29.1 Å². The largest absolute Gasteiger partial charge is 0.326 e. The number of anilines is 1. The number of carbonyl (C=O) groups excluding carboxylic acids is 1. The fraction of sp³-hybridized carbons (Fsp3) is 0.263. The Bertz CT molecular complexity index is 1150. The van der Waals surface area contributed by atoms with Crippen molar-refractivity contribution in [2.45, 2.75) is 30.2 Å². The second-order valence-electron chi connectivity index (χ2n) is 6.82. The van der Waals surface area contributed by atoms with Gasteiger partial charge in [0.25, 0.3) is 0 Å². The van der Waals surface area contributed by atoms with Crippen LogP contribution in [0.5, 0.6) is 0 Å². The van der Waals surface area contributed by atoms with Crippen LogP contribution in [-0.2, 0) is 21.1 Å². The van der Waals surface area contributed by atoms with Crippen molar-refractivity contribution in [3.63, 3.8) is 0 Å². The molecule has 27 heavy (non-hydrogen) atoms. The number of fused-ring (bicyclic) bond motifs is 1. The molecule has 1 aliphatic rings. The second-order valence-corrected chi connectivity index (χ2v) is 9.21. The van der Waals surface area contributed by atoms with E-state index in [1.54, 1.807) is 30.5 Å². The minimum atomic E-state index is -3.47. The van der Waals surface area contributed by atoms with Crippen LogP contribution in [0.2, 0.25) is 5.02 Å². The first-order valence-corrected chi connectivity index (χ1v) is 10.8. The Kier molecular flexibility index (Phi) is 4.44. The molecule has 0 spiro atoms. The van der Waals surface area contributed by atoms with Gasteiger partial charge in [-0.3, -0.25) is 9.48 Å². The average Bonchev–Trinajstić information content (AvgIpc) is 3.35. The lowest BCUT2D eigenvalue weighted by molar-refractivity contribution is -0.115. The molecule has 0 unspecified atom stereocenters. The average molecular weight is 404 g/mol. The van der Waals surface area contributed by atoms with Gasteiger partial charge < -0.3 is 5.32 Å². The molecule has 1 saturated carbocycles. The zero-order chi connectivity index (χ0) is 19.2. The summed E-state index contributed by atoms with van der Waals surface area (Å²) < 4.78 is 26.3. The Labute approximate surface area is 162 Å². The third kappa shape index (κ3) is 3.70. The summed E-state index contributed by atoms with van der Waals surface area (Å²) >= 11 is 6.11. The highest BCUT2D eigenvalue weighted by Gasteiger charge is 2.27. The van der Waals surface area contributed by atoms with Crippen LogP contribution in [0.1, 0.15) is 24.4 Å². The molecule has 0 saturated heterocycles. The van der Waals surface area contributed by atoms with Crippen LogP contribution < -0.4 is 5.32 Å². The predicted molar refractivity (Wildman–Crippen MR) is 105 cm³/mol. The highest BCUT2D eigenvalue weighted by Crippen LogP contribution is 2.38. The van der Waals surface area contributed by atoms with Crippen molar-refractivity contribution < 1.29 is 13.2 Å². The van der Waals surface area contributed by atoms with E-state index in [0.29, 0.717) is 33.2 Å². The second kappa shape index (κ2) is 6.65. The van der Waals surface area contributed by atoms with Crippen molar-refractivity contribution in [1.82, 2.24) is 9.78 Å². The Morgan fingerprint density at radius 1 is 1.30 bits per heavy atom. The normalized spacial score (nSPS) is 14.4. The zero-order valence-electron chi connectivity index (χ0n) is 14.6. The third-order valence-corrected chi connectivity index (χ3v) is 6.07. The van der Waals surface area contributed by atoms with Crippen molar-refractivity contribution in [3.8, 4) is 0 Å². The fourth-order valence-electron chi connectivity index (χ4n) is 3.12. The van der Waals surface area contributed by atoms with Crippen LogP contribution in [0, 0.1) is 0 Å². The summed E-state index contributed by atoms with van der Waals surface area (Å²) in [6.07, 6.45) is 4.89. The van der Waals surface area contributed by atoms with E-state index in [-0.39, 0.29) is 17.2 Å². The molecule has 0 bridgehead atoms. The van der Waals surface area contributed by atoms with Crippen LogP contribution in [0.3, 0.4) is 0 Å². The number of carbonyl (C=O) groups is 1. The van der Waals surface area contributed by atoms with E-state index in [1.165, 1.54) is 6.07 Å². The maximum atomic E-state index is 12.5. The summed E-state index contributed by atoms with van der Waals surface area (Å²) in [5.74, 6) is -0.264. The van der Waals surface area contributed by atoms with Gasteiger partial charge in [-0.2, -0.15) is 5.10 Å². The predicted octanol–water partition coefficient (Wildman–Crippen LogP) is 3.61. The first kappa shape index (κ1) is 18.0. The van der Waals surface area contributed by atoms with Crippen LogP contribution in [0.15, 0.2) is 47.5 Å². The van der Waals surface area contributed by atoms with E-state index in [2.05, 4.69) is 10.4 Å². The molecule has 1 aromatic heterocycles. The van der Waals surface area contributed by atoms with E-state index in [9.17, 15) is 13.2 Å². The molecule has 8 heteroatoms. The van der Waals surface area contributed by atoms with Crippen molar-refractivity contribution in [3.05, 3.63) is 53.2 Å². The van der Waals surface area contributed by atoms with Gasteiger partial charge in [0.15, 0.2) is 9.84 Å². The number of hydrogen-bond donors (Lipinski definition) is 1. The molecule has 0 radical (unpaired) electrons. The first-order chi connectivity index (χ1) is 12.8. The molecule has 1 amide bonds. The van der Waals surface area contributed by atoms with Gasteiger partial charge in [0, 0.05) is 22.4 Å². The maximum Gasteiger partial charge on any atom is 0.228 e. The minimum Gasteiger partial charge on any atom is -0.326 e. The molecule has 1 aliphatic carbocycles. The lowest BCUT2D eigenvalue weighted by Crippen LogP contribution is -2.15. The molecule has 3 aromatic rings. The molecule has 1 fully saturated rings. The Morgan fingerprint density at radius 2 is 2.04 bits per heavy atom. The summed E-state index contributed by atoms with van der Waals surface area (Å²) in [6.45, 7) is 0. The number of halogens is 1. The molecule has 2 aromatic carbocycles. The van der Waals surface area contributed by atoms with Crippen molar-refractivity contribution in [2.24, 2.45) is 0 Å². The first-order valence-electron chi connectivity index (χ1n) is 8.57. The van der Waals surface area contributed by atoms with Gasteiger partial charge in [0.2, 0.25) is 5.91 Å². The molecule has 1 heterocycles. The molecule has 0 aliphatic heterocycles. The van der Waals surface area contributed by atoms with Crippen molar-refractivity contribution in [2.75, 3.05) is 11.6 Å². The van der Waals surface area contributed by atoms with E-state index in [0.717, 1.165) is 19.1 Å². The zero-order valence-corrected chi connectivity index (χ0v) is 16.2. The Balaban J connectivity index is 1.70. The minimum absolute atomic E-state index is 0.105. The summed E-state index contributed by atoms with van der Waals surface area (Å²) in [5.41, 5.74) is 1.86. The third-order valence-electron chi connectivity index (χ3n) is 4.56. The van der Waals surface area contributed by atoms with Gasteiger partial charge in [0.1, 0.15) is 0 Å². The highest BCUT2D eigenvalue weighted by atomic mass is 35.5. The molecular formula is C19H18ClN3O3S. The monoisotopic (exact) mass is 403 g/mol. The molecule has 4 rings (SSSR count). The molecule has 140 valence electrons. The van der Waals surface area contributed by atoms with Gasteiger partial charge >= 0.3 is 0 Å². The molecular weight excluding hydrogens is 386 g/mol. The Hall–Kier alpha value is -2.38. The van der Waals surface area contributed by atoms with Crippen LogP contribution >= 0.6 is 11.6 Å². The standard InChI is InChI=1S/C19H18ClN3O3S/c1-27(25,26)18-10-13(9-17-15(18)11-21-23(17)14-6-7-14)22-19(24)8-12-4-2-3-5-16(12)20/h2-5,9-11,14H,6-8H2,1H3,(H,22,24). The smallest absolute Gasteiger partial charge is 0.228 e. The lowest BCUT2D eigenvalue weighted by atomic mass is 10.1. The van der Waals surface area contributed by atoms with Crippen molar-refractivity contribution in [1.29, 1.82) is 0 Å². The van der Waals surface area contributed by atoms with Gasteiger partial charge in [-0.1, -0.05) is 29.8 Å². The summed E-state index contributed by atoms with van der Waals surface area (Å²) in [4.78, 5) is 12.6. The maximum absolute atomic E-state index is 12.5. The fourth-order valence-corrected chi connectivity index (χ4v) is 4.22. The molecule has 0 atom stereocenters. The summed E-state index contributed by atoms with van der Waals surface area (Å²) in [5, 5.41) is 8.25. The highest BCUT2D eigenvalue weighted by molar-refractivity contribution is 7.91. The number of nitrogens with one attached hydrogen (secondary N) is 1. The van der Waals surface area contributed by atoms with Crippen LogP contribution in [0.4, 0.5) is 5.69 Å². The summed E-state index contributed by atoms with van der Waals surface area (Å²) in [7, 11) is -3.47. The SMILES string of the molecule is CS(=O)(=O)c1cc(NC(=O)Cc2ccccc2Cl)cc2c1cnn2C1CC1. The topological polar surface area (TPSA) is 81.1 Å². The van der Waals surface area contributed by atoms with E-state index in [4.69, 9.17) is 11.6 Å². The lowest BCUT2D eigenvalue weighted by Gasteiger charge is -2.10. The molecule has 1 N–H and O–H groups in total. The number of rotatable bonds is 5. The number of hydrogen-bond acceptors (Lipinski definition) is 4. The van der Waals surface area contributed by atoms with Crippen LogP contribution in [-0.4, -0.2) is 30.4 Å².